The summed E-state index contributed by atoms with van der Waals surface area (Å²) in [5.41, 5.74) is 1.87. The van der Waals surface area contributed by atoms with Crippen LogP contribution >= 0.6 is 11.6 Å². The van der Waals surface area contributed by atoms with Gasteiger partial charge in [0.2, 0.25) is 0 Å². The summed E-state index contributed by atoms with van der Waals surface area (Å²) in [4.78, 5) is 4.39. The van der Waals surface area contributed by atoms with Crippen molar-refractivity contribution >= 4 is 38.7 Å². The minimum atomic E-state index is -3.78. The van der Waals surface area contributed by atoms with Crippen LogP contribution in [0.1, 0.15) is 11.1 Å². The molecule has 0 aliphatic heterocycles. The predicted octanol–water partition coefficient (Wildman–Crippen LogP) is 3.85. The Labute approximate surface area is 145 Å². The fourth-order valence-electron chi connectivity index (χ4n) is 2.39. The molecule has 0 bridgehead atoms. The van der Waals surface area contributed by atoms with Gasteiger partial charge in [-0.05, 0) is 31.2 Å². The highest BCUT2D eigenvalue weighted by Crippen LogP contribution is 2.30. The van der Waals surface area contributed by atoms with Crippen molar-refractivity contribution < 1.29 is 13.2 Å². The quantitative estimate of drug-likeness (QED) is 0.661. The van der Waals surface area contributed by atoms with Gasteiger partial charge in [0.15, 0.2) is 5.65 Å². The Hall–Kier alpha value is -2.31. The second-order valence-electron chi connectivity index (χ2n) is 5.23. The zero-order valence-electron chi connectivity index (χ0n) is 13.1. The van der Waals surface area contributed by atoms with Crippen LogP contribution in [0.15, 0.2) is 53.9 Å². The van der Waals surface area contributed by atoms with Crippen LogP contribution < -0.4 is 0 Å². The summed E-state index contributed by atoms with van der Waals surface area (Å²) in [6, 6.07) is 8.28. The zero-order valence-corrected chi connectivity index (χ0v) is 14.7. The Morgan fingerprint density at radius 1 is 1.21 bits per heavy atom. The molecular weight excluding hydrogens is 348 g/mol. The van der Waals surface area contributed by atoms with E-state index in [9.17, 15) is 8.42 Å². The van der Waals surface area contributed by atoms with Crippen molar-refractivity contribution in [3.05, 3.63) is 65.1 Å². The molecule has 0 aliphatic carbocycles. The van der Waals surface area contributed by atoms with E-state index in [1.54, 1.807) is 36.4 Å². The molecule has 5 nitrogen and oxygen atoms in total. The van der Waals surface area contributed by atoms with Gasteiger partial charge in [0, 0.05) is 23.3 Å². The number of rotatable bonds is 4. The number of pyridine rings is 1. The number of aryl methyl sites for hydroxylation is 1. The van der Waals surface area contributed by atoms with E-state index in [1.165, 1.54) is 25.8 Å². The monoisotopic (exact) mass is 362 g/mol. The molecule has 0 aliphatic rings. The predicted molar refractivity (Wildman–Crippen MR) is 94.5 cm³/mol. The van der Waals surface area contributed by atoms with Crippen LogP contribution in [0.4, 0.5) is 0 Å². The summed E-state index contributed by atoms with van der Waals surface area (Å²) in [6.07, 6.45) is 6.09. The number of hydrogen-bond acceptors (Lipinski definition) is 4. The van der Waals surface area contributed by atoms with Gasteiger partial charge in [-0.2, -0.15) is 0 Å². The number of fused-ring (bicyclic) bond motifs is 1. The summed E-state index contributed by atoms with van der Waals surface area (Å²) in [5.74, 6) is 0. The van der Waals surface area contributed by atoms with Gasteiger partial charge in [-0.25, -0.2) is 17.4 Å². The average Bonchev–Trinajstić information content (AvgIpc) is 2.94. The smallest absolute Gasteiger partial charge is 0.269 e. The molecule has 3 rings (SSSR count). The van der Waals surface area contributed by atoms with Crippen LogP contribution in [-0.2, 0) is 14.8 Å². The first-order valence-corrected chi connectivity index (χ1v) is 8.94. The molecule has 0 atom stereocenters. The van der Waals surface area contributed by atoms with E-state index < -0.39 is 10.0 Å². The first kappa shape index (κ1) is 16.5. The minimum absolute atomic E-state index is 0.189. The van der Waals surface area contributed by atoms with Crippen molar-refractivity contribution in [2.75, 3.05) is 7.11 Å². The summed E-state index contributed by atoms with van der Waals surface area (Å²) < 4.78 is 32.0. The third kappa shape index (κ3) is 2.79. The Morgan fingerprint density at radius 3 is 2.58 bits per heavy atom. The SMILES string of the molecule is COC=Cc1cn(S(=O)(=O)c2ccc(C)cc2)c2nccc(Cl)c12. The lowest BCUT2D eigenvalue weighted by molar-refractivity contribution is 0.341. The number of ether oxygens (including phenoxy) is 1. The molecular formula is C17H15ClN2O3S. The molecule has 0 saturated heterocycles. The first-order valence-electron chi connectivity index (χ1n) is 7.12. The molecule has 0 amide bonds. The summed E-state index contributed by atoms with van der Waals surface area (Å²) in [6.45, 7) is 1.90. The third-order valence-electron chi connectivity index (χ3n) is 3.60. The fraction of sp³-hybridized carbons (Fsp3) is 0.118. The highest BCUT2D eigenvalue weighted by molar-refractivity contribution is 7.90. The average molecular weight is 363 g/mol. The Bertz CT molecular complexity index is 1020. The van der Waals surface area contributed by atoms with Crippen LogP contribution in [0.5, 0.6) is 0 Å². The van der Waals surface area contributed by atoms with Crippen LogP contribution in [0.25, 0.3) is 17.1 Å². The molecule has 2 aromatic heterocycles. The van der Waals surface area contributed by atoms with Crippen LogP contribution in [0.2, 0.25) is 5.02 Å². The maximum atomic E-state index is 13.0. The van der Waals surface area contributed by atoms with Crippen molar-refractivity contribution in [2.24, 2.45) is 0 Å². The Kier molecular flexibility index (Phi) is 4.34. The molecule has 0 fully saturated rings. The Morgan fingerprint density at radius 2 is 1.92 bits per heavy atom. The molecule has 0 radical (unpaired) electrons. The minimum Gasteiger partial charge on any atom is -0.504 e. The van der Waals surface area contributed by atoms with Crippen molar-refractivity contribution in [3.8, 4) is 0 Å². The topological polar surface area (TPSA) is 61.2 Å². The molecule has 2 heterocycles. The lowest BCUT2D eigenvalue weighted by Gasteiger charge is -2.07. The van der Waals surface area contributed by atoms with Crippen LogP contribution in [-0.4, -0.2) is 24.5 Å². The van der Waals surface area contributed by atoms with Crippen molar-refractivity contribution in [2.45, 2.75) is 11.8 Å². The van der Waals surface area contributed by atoms with Crippen molar-refractivity contribution in [3.63, 3.8) is 0 Å². The molecule has 24 heavy (non-hydrogen) atoms. The molecule has 124 valence electrons. The molecule has 0 N–H and O–H groups in total. The van der Waals surface area contributed by atoms with Gasteiger partial charge in [-0.3, -0.25) is 0 Å². The third-order valence-corrected chi connectivity index (χ3v) is 5.57. The number of nitrogens with zero attached hydrogens (tertiary/aromatic N) is 2. The number of hydrogen-bond donors (Lipinski definition) is 0. The summed E-state index contributed by atoms with van der Waals surface area (Å²) in [5, 5.41) is 0.983. The van der Waals surface area contributed by atoms with Crippen molar-refractivity contribution in [1.82, 2.24) is 8.96 Å². The second kappa shape index (κ2) is 6.30. The highest BCUT2D eigenvalue weighted by atomic mass is 35.5. The summed E-state index contributed by atoms with van der Waals surface area (Å²) in [7, 11) is -2.27. The second-order valence-corrected chi connectivity index (χ2v) is 7.45. The highest BCUT2D eigenvalue weighted by Gasteiger charge is 2.22. The number of aromatic nitrogens is 2. The lowest BCUT2D eigenvalue weighted by atomic mass is 10.2. The number of methoxy groups -OCH3 is 1. The fourth-order valence-corrected chi connectivity index (χ4v) is 3.96. The van der Waals surface area contributed by atoms with Gasteiger partial charge in [-0.15, -0.1) is 0 Å². The number of halogens is 1. The normalized spacial score (nSPS) is 12.1. The maximum Gasteiger partial charge on any atom is 0.269 e. The van der Waals surface area contributed by atoms with Gasteiger partial charge >= 0.3 is 0 Å². The van der Waals surface area contributed by atoms with E-state index in [0.29, 0.717) is 16.0 Å². The van der Waals surface area contributed by atoms with E-state index in [0.717, 1.165) is 9.54 Å². The van der Waals surface area contributed by atoms with E-state index >= 15 is 0 Å². The molecule has 0 saturated carbocycles. The molecule has 0 unspecified atom stereocenters. The van der Waals surface area contributed by atoms with Gasteiger partial charge < -0.3 is 4.74 Å². The molecule has 0 spiro atoms. The van der Waals surface area contributed by atoms with E-state index in [-0.39, 0.29) is 10.5 Å². The first-order chi connectivity index (χ1) is 11.4. The van der Waals surface area contributed by atoms with Crippen LogP contribution in [0, 0.1) is 6.92 Å². The van der Waals surface area contributed by atoms with E-state index in [2.05, 4.69) is 4.98 Å². The van der Waals surface area contributed by atoms with Gasteiger partial charge in [0.1, 0.15) is 0 Å². The van der Waals surface area contributed by atoms with Gasteiger partial charge in [0.25, 0.3) is 10.0 Å². The maximum absolute atomic E-state index is 13.0. The van der Waals surface area contributed by atoms with Gasteiger partial charge in [0.05, 0.1) is 23.3 Å². The molecule has 1 aromatic carbocycles. The molecule has 3 aromatic rings. The largest absolute Gasteiger partial charge is 0.504 e. The number of benzene rings is 1. The van der Waals surface area contributed by atoms with Crippen molar-refractivity contribution in [1.29, 1.82) is 0 Å². The summed E-state index contributed by atoms with van der Waals surface area (Å²) >= 11 is 6.25. The van der Waals surface area contributed by atoms with Crippen LogP contribution in [0.3, 0.4) is 0 Å². The molecule has 7 heteroatoms. The van der Waals surface area contributed by atoms with E-state index in [4.69, 9.17) is 16.3 Å². The lowest BCUT2D eigenvalue weighted by Crippen LogP contribution is -2.12. The van der Waals surface area contributed by atoms with E-state index in [1.807, 2.05) is 6.92 Å². The Balaban J connectivity index is 2.28. The van der Waals surface area contributed by atoms with Gasteiger partial charge in [-0.1, -0.05) is 29.3 Å². The zero-order chi connectivity index (χ0) is 17.3. The standard InChI is InChI=1S/C17H15ClN2O3S/c1-12-3-5-14(6-4-12)24(21,22)20-11-13(8-10-23-2)16-15(18)7-9-19-17(16)20/h3-11H,1-2H3.